The van der Waals surface area contributed by atoms with Crippen LogP contribution in [-0.4, -0.2) is 40.8 Å². The summed E-state index contributed by atoms with van der Waals surface area (Å²) in [6.07, 6.45) is 1.26. The maximum atomic E-state index is 12.7. The molecule has 30 heavy (non-hydrogen) atoms. The average molecular weight is 432 g/mol. The van der Waals surface area contributed by atoms with Crippen LogP contribution in [0.25, 0.3) is 6.08 Å². The maximum absolute atomic E-state index is 12.7. The molecule has 2 aromatic rings. The first-order valence-electron chi connectivity index (χ1n) is 8.38. The average Bonchev–Trinajstić information content (AvgIpc) is 3.43. The lowest BCUT2D eigenvalue weighted by atomic mass is 10.1. The van der Waals surface area contributed by atoms with Crippen molar-refractivity contribution in [2.45, 2.75) is 6.54 Å². The molecule has 0 saturated carbocycles. The maximum Gasteiger partial charge on any atom is 0.373 e. The van der Waals surface area contributed by atoms with Crippen molar-refractivity contribution in [3.63, 3.8) is 0 Å². The van der Waals surface area contributed by atoms with Crippen molar-refractivity contribution in [2.75, 3.05) is 13.9 Å². The Balaban J connectivity index is 1.60. The number of rotatable bonds is 5. The second-order valence-electron chi connectivity index (χ2n) is 6.05. The number of carbonyl (C=O) groups is 3. The van der Waals surface area contributed by atoms with E-state index in [2.05, 4.69) is 4.74 Å². The quantitative estimate of drug-likeness (QED) is 0.300. The highest BCUT2D eigenvalue weighted by Gasteiger charge is 2.36. The van der Waals surface area contributed by atoms with Gasteiger partial charge in [0.1, 0.15) is 5.76 Å². The molecular weight excluding hydrogens is 420 g/mol. The fraction of sp³-hybridized carbons (Fsp3) is 0.167. The largest absolute Gasteiger partial charge is 0.463 e. The molecule has 3 heterocycles. The fourth-order valence-corrected chi connectivity index (χ4v) is 3.66. The number of imide groups is 1. The molecule has 1 fully saturated rings. The monoisotopic (exact) mass is 432 g/mol. The van der Waals surface area contributed by atoms with E-state index < -0.39 is 22.0 Å². The minimum Gasteiger partial charge on any atom is -0.463 e. The first kappa shape index (κ1) is 19.5. The molecule has 0 unspecified atom stereocenters. The molecule has 12 heteroatoms. The van der Waals surface area contributed by atoms with E-state index in [1.165, 1.54) is 37.5 Å². The fourth-order valence-electron chi connectivity index (χ4n) is 2.83. The number of carbonyl (C=O) groups excluding carboxylic acids is 3. The van der Waals surface area contributed by atoms with Crippen LogP contribution >= 0.6 is 11.8 Å². The van der Waals surface area contributed by atoms with E-state index in [4.69, 9.17) is 13.9 Å². The van der Waals surface area contributed by atoms with Crippen LogP contribution in [0.2, 0.25) is 0 Å². The lowest BCUT2D eigenvalue weighted by Gasteiger charge is -2.09. The molecule has 2 aliphatic heterocycles. The summed E-state index contributed by atoms with van der Waals surface area (Å²) >= 11 is 0.638. The van der Waals surface area contributed by atoms with Crippen molar-refractivity contribution < 1.29 is 37.9 Å². The Bertz CT molecular complexity index is 1120. The Kier molecular flexibility index (Phi) is 4.91. The van der Waals surface area contributed by atoms with E-state index in [-0.39, 0.29) is 46.8 Å². The van der Waals surface area contributed by atoms with Gasteiger partial charge in [-0.3, -0.25) is 24.6 Å². The number of nitro groups is 1. The van der Waals surface area contributed by atoms with Crippen LogP contribution < -0.4 is 9.47 Å². The van der Waals surface area contributed by atoms with E-state index in [1.807, 2.05) is 0 Å². The van der Waals surface area contributed by atoms with Crippen LogP contribution in [0.5, 0.6) is 11.5 Å². The highest BCUT2D eigenvalue weighted by Crippen LogP contribution is 2.41. The number of benzene rings is 1. The van der Waals surface area contributed by atoms with Gasteiger partial charge in [-0.2, -0.15) is 0 Å². The van der Waals surface area contributed by atoms with Crippen molar-refractivity contribution in [3.05, 3.63) is 56.4 Å². The van der Waals surface area contributed by atoms with Gasteiger partial charge in [0, 0.05) is 0 Å². The molecule has 0 bridgehead atoms. The third-order valence-corrected chi connectivity index (χ3v) is 5.15. The van der Waals surface area contributed by atoms with Gasteiger partial charge in [-0.05, 0) is 36.0 Å². The van der Waals surface area contributed by atoms with Crippen molar-refractivity contribution in [3.8, 4) is 11.5 Å². The number of esters is 1. The van der Waals surface area contributed by atoms with E-state index in [1.54, 1.807) is 0 Å². The summed E-state index contributed by atoms with van der Waals surface area (Å²) in [6.45, 7) is -0.272. The highest BCUT2D eigenvalue weighted by atomic mass is 32.2. The molecule has 154 valence electrons. The van der Waals surface area contributed by atoms with E-state index in [9.17, 15) is 24.5 Å². The minimum atomic E-state index is -0.689. The number of nitro benzene ring substituents is 1. The number of methoxy groups -OCH3 is 1. The van der Waals surface area contributed by atoms with Crippen LogP contribution in [0.15, 0.2) is 33.6 Å². The van der Waals surface area contributed by atoms with E-state index >= 15 is 0 Å². The Morgan fingerprint density at radius 3 is 2.73 bits per heavy atom. The molecule has 2 aliphatic rings. The van der Waals surface area contributed by atoms with Gasteiger partial charge < -0.3 is 18.6 Å². The van der Waals surface area contributed by atoms with Crippen LogP contribution in [-0.2, 0) is 16.1 Å². The first-order chi connectivity index (χ1) is 14.4. The van der Waals surface area contributed by atoms with Gasteiger partial charge in [0.05, 0.1) is 35.1 Å². The molecule has 4 rings (SSSR count). The summed E-state index contributed by atoms with van der Waals surface area (Å²) in [5.74, 6) is -0.666. The second-order valence-corrected chi connectivity index (χ2v) is 7.04. The van der Waals surface area contributed by atoms with Gasteiger partial charge in [-0.1, -0.05) is 0 Å². The molecule has 1 aromatic carbocycles. The standard InChI is InChI=1S/C18H12N2O9S/c1-26-17(22)12-3-2-10(29-12)7-19-16(21)15(30-18(19)23)5-9-4-13-14(28-8-27-13)6-11(9)20(24)25/h2-6H,7-8H2,1H3/b15-5-. The smallest absolute Gasteiger partial charge is 0.373 e. The molecule has 11 nitrogen and oxygen atoms in total. The van der Waals surface area contributed by atoms with Gasteiger partial charge in [0.2, 0.25) is 12.6 Å². The number of nitrogens with zero attached hydrogens (tertiary/aromatic N) is 2. The Labute approximate surface area is 172 Å². The Morgan fingerprint density at radius 2 is 2.03 bits per heavy atom. The molecule has 1 aromatic heterocycles. The number of amides is 2. The van der Waals surface area contributed by atoms with Crippen molar-refractivity contribution in [2.24, 2.45) is 0 Å². The molecule has 0 spiro atoms. The zero-order valence-corrected chi connectivity index (χ0v) is 16.1. The number of hydrogen-bond acceptors (Lipinski definition) is 10. The number of ether oxygens (including phenoxy) is 3. The van der Waals surface area contributed by atoms with Gasteiger partial charge in [-0.15, -0.1) is 0 Å². The summed E-state index contributed by atoms with van der Waals surface area (Å²) in [7, 11) is 1.20. The minimum absolute atomic E-state index is 0.00159. The summed E-state index contributed by atoms with van der Waals surface area (Å²) in [5, 5.41) is 10.8. The highest BCUT2D eigenvalue weighted by molar-refractivity contribution is 8.18. The number of thioether (sulfide) groups is 1. The summed E-state index contributed by atoms with van der Waals surface area (Å²) < 4.78 is 20.2. The molecule has 0 radical (unpaired) electrons. The Morgan fingerprint density at radius 1 is 1.30 bits per heavy atom. The molecule has 0 aliphatic carbocycles. The van der Waals surface area contributed by atoms with Crippen molar-refractivity contribution in [1.82, 2.24) is 4.90 Å². The zero-order chi connectivity index (χ0) is 21.4. The van der Waals surface area contributed by atoms with E-state index in [0.29, 0.717) is 17.5 Å². The lowest BCUT2D eigenvalue weighted by Crippen LogP contribution is -2.27. The topological polar surface area (TPSA) is 138 Å². The second kappa shape index (κ2) is 7.55. The first-order valence-corrected chi connectivity index (χ1v) is 9.19. The van der Waals surface area contributed by atoms with Gasteiger partial charge in [-0.25, -0.2) is 4.79 Å². The van der Waals surface area contributed by atoms with Crippen LogP contribution in [0.4, 0.5) is 10.5 Å². The molecule has 0 atom stereocenters. The third kappa shape index (κ3) is 3.48. The molecule has 1 saturated heterocycles. The van der Waals surface area contributed by atoms with Gasteiger partial charge in [0.15, 0.2) is 11.5 Å². The SMILES string of the molecule is COC(=O)c1ccc(CN2C(=O)S/C(=C\c3cc4c(cc3[N+](=O)[O-])OCO4)C2=O)o1. The number of fused-ring (bicyclic) bond motifs is 1. The van der Waals surface area contributed by atoms with Crippen molar-refractivity contribution >= 4 is 40.6 Å². The zero-order valence-electron chi connectivity index (χ0n) is 15.3. The van der Waals surface area contributed by atoms with E-state index in [0.717, 1.165) is 4.90 Å². The predicted octanol–water partition coefficient (Wildman–Crippen LogP) is 2.94. The van der Waals surface area contributed by atoms with Crippen molar-refractivity contribution in [1.29, 1.82) is 0 Å². The number of hydrogen-bond donors (Lipinski definition) is 0. The summed E-state index contributed by atoms with van der Waals surface area (Å²) in [5.41, 5.74) is -0.194. The van der Waals surface area contributed by atoms with Crippen LogP contribution in [0.1, 0.15) is 21.9 Å². The molecule has 2 amide bonds. The van der Waals surface area contributed by atoms with Crippen LogP contribution in [0.3, 0.4) is 0 Å². The Hall–Kier alpha value is -3.80. The predicted molar refractivity (Wildman–Crippen MR) is 101 cm³/mol. The summed E-state index contributed by atoms with van der Waals surface area (Å²) in [4.78, 5) is 48.2. The third-order valence-electron chi connectivity index (χ3n) is 4.24. The van der Waals surface area contributed by atoms with Crippen LogP contribution in [0, 0.1) is 10.1 Å². The number of furan rings is 1. The lowest BCUT2D eigenvalue weighted by molar-refractivity contribution is -0.385. The molecule has 0 N–H and O–H groups in total. The molecular formula is C18H12N2O9S. The summed E-state index contributed by atoms with van der Waals surface area (Å²) in [6, 6.07) is 5.40. The normalized spacial score (nSPS) is 16.4. The van der Waals surface area contributed by atoms with Gasteiger partial charge in [0.25, 0.3) is 16.8 Å². The van der Waals surface area contributed by atoms with Gasteiger partial charge >= 0.3 is 5.97 Å².